The summed E-state index contributed by atoms with van der Waals surface area (Å²) in [6.45, 7) is 3.95. The number of carbonyl (C=O) groups excluding carboxylic acids is 1. The molecule has 0 fully saturated rings. The monoisotopic (exact) mass is 420 g/mol. The third-order valence-electron chi connectivity index (χ3n) is 4.89. The Labute approximate surface area is 177 Å². The fourth-order valence-corrected chi connectivity index (χ4v) is 3.51. The number of nitrogens with one attached hydrogen (secondary N) is 1. The number of benzene rings is 2. The van der Waals surface area contributed by atoms with E-state index in [2.05, 4.69) is 20.3 Å². The van der Waals surface area contributed by atoms with Crippen molar-refractivity contribution in [2.24, 2.45) is 5.73 Å². The molecule has 0 unspecified atom stereocenters. The maximum atomic E-state index is 13.5. The second-order valence-corrected chi connectivity index (χ2v) is 7.01. The van der Waals surface area contributed by atoms with E-state index < -0.39 is 5.91 Å². The van der Waals surface area contributed by atoms with Gasteiger partial charge in [0.1, 0.15) is 17.2 Å². The summed E-state index contributed by atoms with van der Waals surface area (Å²) in [7, 11) is 1.54. The molecule has 31 heavy (non-hydrogen) atoms. The van der Waals surface area contributed by atoms with E-state index in [0.29, 0.717) is 52.2 Å². The number of methoxy groups -OCH3 is 1. The average molecular weight is 420 g/mol. The zero-order valence-electron chi connectivity index (χ0n) is 17.3. The number of amides is 1. The zero-order chi connectivity index (χ0) is 22.1. The van der Waals surface area contributed by atoms with E-state index in [0.717, 1.165) is 5.56 Å². The zero-order valence-corrected chi connectivity index (χ0v) is 17.3. The molecular formula is C22H21FN6O2. The number of ether oxygens (including phenoxy) is 1. The van der Waals surface area contributed by atoms with Gasteiger partial charge >= 0.3 is 0 Å². The molecule has 1 amide bonds. The number of rotatable bonds is 6. The maximum Gasteiger partial charge on any atom is 0.250 e. The van der Waals surface area contributed by atoms with Crippen molar-refractivity contribution in [1.29, 1.82) is 0 Å². The molecule has 9 heteroatoms. The van der Waals surface area contributed by atoms with Crippen LogP contribution in [0.15, 0.2) is 42.5 Å². The second kappa shape index (κ2) is 8.02. The van der Waals surface area contributed by atoms with Crippen LogP contribution in [0.25, 0.3) is 17.0 Å². The predicted molar refractivity (Wildman–Crippen MR) is 115 cm³/mol. The summed E-state index contributed by atoms with van der Waals surface area (Å²) in [5.41, 5.74) is 8.34. The molecule has 0 radical (unpaired) electrons. The number of nitrogens with two attached hydrogens (primary N) is 1. The molecule has 0 aliphatic rings. The van der Waals surface area contributed by atoms with Gasteiger partial charge in [0, 0.05) is 6.54 Å². The first kappa shape index (κ1) is 20.3. The van der Waals surface area contributed by atoms with Gasteiger partial charge in [-0.1, -0.05) is 18.2 Å². The van der Waals surface area contributed by atoms with Crippen molar-refractivity contribution in [1.82, 2.24) is 19.5 Å². The molecule has 0 spiro atoms. The average Bonchev–Trinajstić information content (AvgIpc) is 3.07. The lowest BCUT2D eigenvalue weighted by Gasteiger charge is -2.15. The lowest BCUT2D eigenvalue weighted by atomic mass is 10.2. The van der Waals surface area contributed by atoms with E-state index in [1.165, 1.54) is 19.2 Å². The smallest absolute Gasteiger partial charge is 0.250 e. The number of halogens is 1. The molecular weight excluding hydrogens is 399 g/mol. The van der Waals surface area contributed by atoms with E-state index in [9.17, 15) is 9.18 Å². The van der Waals surface area contributed by atoms with Gasteiger partial charge in [-0.15, -0.1) is 0 Å². The van der Waals surface area contributed by atoms with Crippen LogP contribution in [0.5, 0.6) is 5.75 Å². The van der Waals surface area contributed by atoms with Crippen LogP contribution >= 0.6 is 0 Å². The number of primary amides is 1. The fourth-order valence-electron chi connectivity index (χ4n) is 3.51. The normalized spacial score (nSPS) is 11.0. The van der Waals surface area contributed by atoms with E-state index in [-0.39, 0.29) is 5.82 Å². The van der Waals surface area contributed by atoms with Gasteiger partial charge in [-0.3, -0.25) is 9.36 Å². The summed E-state index contributed by atoms with van der Waals surface area (Å²) in [5.74, 6) is 1.05. The quantitative estimate of drug-likeness (QED) is 0.496. The van der Waals surface area contributed by atoms with Crippen LogP contribution in [0.2, 0.25) is 0 Å². The topological polar surface area (TPSA) is 108 Å². The standard InChI is InChI=1S/C22H21FN6O2/c1-12-19(31-3)21(25-11-14-6-4-7-15(23)10-14)28-22(26-12)29-13(2)27-18-16(20(24)30)8-5-9-17(18)29/h4-10H,11H2,1-3H3,(H2,24,30)(H,25,26,28). The molecule has 4 rings (SSSR count). The first-order valence-electron chi connectivity index (χ1n) is 9.58. The molecule has 0 atom stereocenters. The first-order chi connectivity index (χ1) is 14.9. The molecule has 0 saturated heterocycles. The van der Waals surface area contributed by atoms with Crippen LogP contribution < -0.4 is 15.8 Å². The Morgan fingerprint density at radius 3 is 2.65 bits per heavy atom. The molecule has 0 bridgehead atoms. The van der Waals surface area contributed by atoms with Gasteiger partial charge in [0.25, 0.3) is 5.91 Å². The number of hydrogen-bond donors (Lipinski definition) is 2. The Hall–Kier alpha value is -4.01. The molecule has 2 heterocycles. The molecule has 158 valence electrons. The highest BCUT2D eigenvalue weighted by atomic mass is 19.1. The maximum absolute atomic E-state index is 13.5. The fraction of sp³-hybridized carbons (Fsp3) is 0.182. The second-order valence-electron chi connectivity index (χ2n) is 7.01. The van der Waals surface area contributed by atoms with Crippen molar-refractivity contribution in [2.45, 2.75) is 20.4 Å². The van der Waals surface area contributed by atoms with E-state index in [4.69, 9.17) is 10.5 Å². The van der Waals surface area contributed by atoms with Gasteiger partial charge in [-0.05, 0) is 43.7 Å². The van der Waals surface area contributed by atoms with Gasteiger partial charge < -0.3 is 15.8 Å². The number of aryl methyl sites for hydroxylation is 2. The molecule has 0 aliphatic heterocycles. The number of imidazole rings is 1. The molecule has 2 aromatic carbocycles. The third kappa shape index (κ3) is 3.77. The Morgan fingerprint density at radius 2 is 1.94 bits per heavy atom. The number of aromatic nitrogens is 4. The van der Waals surface area contributed by atoms with Gasteiger partial charge in [-0.25, -0.2) is 14.4 Å². The lowest BCUT2D eigenvalue weighted by molar-refractivity contribution is 0.100. The predicted octanol–water partition coefficient (Wildman–Crippen LogP) is 3.29. The minimum absolute atomic E-state index is 0.309. The van der Waals surface area contributed by atoms with Gasteiger partial charge in [-0.2, -0.15) is 4.98 Å². The molecule has 3 N–H and O–H groups in total. The molecule has 0 aliphatic carbocycles. The Kier molecular flexibility index (Phi) is 5.24. The van der Waals surface area contributed by atoms with E-state index in [1.807, 2.05) is 12.1 Å². The molecule has 2 aromatic heterocycles. The highest BCUT2D eigenvalue weighted by Gasteiger charge is 2.19. The first-order valence-corrected chi connectivity index (χ1v) is 9.58. The van der Waals surface area contributed by atoms with Crippen molar-refractivity contribution in [3.05, 3.63) is 70.9 Å². The number of hydrogen-bond acceptors (Lipinski definition) is 6. The van der Waals surface area contributed by atoms with Gasteiger partial charge in [0.2, 0.25) is 5.95 Å². The summed E-state index contributed by atoms with van der Waals surface area (Å²) in [6.07, 6.45) is 0. The Morgan fingerprint density at radius 1 is 1.16 bits per heavy atom. The highest BCUT2D eigenvalue weighted by molar-refractivity contribution is 6.04. The minimum Gasteiger partial charge on any atom is -0.491 e. The van der Waals surface area contributed by atoms with E-state index >= 15 is 0 Å². The summed E-state index contributed by atoms with van der Waals surface area (Å²) < 4.78 is 20.7. The molecule has 4 aromatic rings. The van der Waals surface area contributed by atoms with Crippen molar-refractivity contribution in [3.63, 3.8) is 0 Å². The molecule has 8 nitrogen and oxygen atoms in total. The van der Waals surface area contributed by atoms with Crippen molar-refractivity contribution in [2.75, 3.05) is 12.4 Å². The summed E-state index contributed by atoms with van der Waals surface area (Å²) in [5, 5.41) is 3.20. The summed E-state index contributed by atoms with van der Waals surface area (Å²) in [6, 6.07) is 11.5. The van der Waals surface area contributed by atoms with Gasteiger partial charge in [0.05, 0.1) is 23.9 Å². The van der Waals surface area contributed by atoms with Crippen LogP contribution in [0, 0.1) is 19.7 Å². The lowest BCUT2D eigenvalue weighted by Crippen LogP contribution is -2.12. The summed E-state index contributed by atoms with van der Waals surface area (Å²) in [4.78, 5) is 25.5. The van der Waals surface area contributed by atoms with Gasteiger partial charge in [0.15, 0.2) is 11.6 Å². The Bertz CT molecular complexity index is 1300. The summed E-state index contributed by atoms with van der Waals surface area (Å²) >= 11 is 0. The SMILES string of the molecule is COc1c(C)nc(-n2c(C)nc3c(C(N)=O)cccc32)nc1NCc1cccc(F)c1. The highest BCUT2D eigenvalue weighted by Crippen LogP contribution is 2.29. The number of nitrogens with zero attached hydrogens (tertiary/aromatic N) is 4. The number of para-hydroxylation sites is 1. The minimum atomic E-state index is -0.556. The largest absolute Gasteiger partial charge is 0.491 e. The van der Waals surface area contributed by atoms with Crippen LogP contribution in [0.1, 0.15) is 27.4 Å². The molecule has 0 saturated carbocycles. The number of carbonyl (C=O) groups is 1. The van der Waals surface area contributed by atoms with Crippen molar-refractivity contribution in [3.8, 4) is 11.7 Å². The number of fused-ring (bicyclic) bond motifs is 1. The van der Waals surface area contributed by atoms with Crippen molar-refractivity contribution < 1.29 is 13.9 Å². The van der Waals surface area contributed by atoms with Crippen LogP contribution in [-0.4, -0.2) is 32.5 Å². The number of anilines is 1. The van der Waals surface area contributed by atoms with Crippen LogP contribution in [0.4, 0.5) is 10.2 Å². The third-order valence-corrected chi connectivity index (χ3v) is 4.89. The Balaban J connectivity index is 1.80. The van der Waals surface area contributed by atoms with Crippen LogP contribution in [0.3, 0.4) is 0 Å². The van der Waals surface area contributed by atoms with Crippen molar-refractivity contribution >= 4 is 22.8 Å². The van der Waals surface area contributed by atoms with E-state index in [1.54, 1.807) is 36.6 Å². The van der Waals surface area contributed by atoms with Crippen LogP contribution in [-0.2, 0) is 6.54 Å².